The molecule has 0 spiro atoms. The van der Waals surface area contributed by atoms with Gasteiger partial charge in [-0.05, 0) is 41.3 Å². The first-order valence-electron chi connectivity index (χ1n) is 7.83. The summed E-state index contributed by atoms with van der Waals surface area (Å²) in [5.74, 6) is 1.39. The maximum Gasteiger partial charge on any atom is 0.254 e. The van der Waals surface area contributed by atoms with E-state index < -0.39 is 0 Å². The van der Waals surface area contributed by atoms with Gasteiger partial charge in [0, 0.05) is 15.6 Å². The minimum absolute atomic E-state index is 0.102. The number of aromatic nitrogens is 2. The Morgan fingerprint density at radius 1 is 0.960 bits per heavy atom. The van der Waals surface area contributed by atoms with Crippen LogP contribution in [0.3, 0.4) is 0 Å². The van der Waals surface area contributed by atoms with E-state index in [9.17, 15) is 0 Å². The molecule has 0 atom stereocenters. The molecule has 1 heterocycles. The standard InChI is InChI=1S/C19H18Cl2N2O2/c1-19(2,3)13-6-4-12(5-7-13)18-23-22-17(25-18)11-24-16-9-14(20)8-15(21)10-16/h4-10H,11H2,1-3H3. The van der Waals surface area contributed by atoms with Gasteiger partial charge in [-0.2, -0.15) is 0 Å². The molecule has 3 aromatic rings. The minimum Gasteiger partial charge on any atom is -0.484 e. The minimum atomic E-state index is 0.102. The molecule has 2 aromatic carbocycles. The zero-order chi connectivity index (χ0) is 18.0. The van der Waals surface area contributed by atoms with Crippen LogP contribution in [0.15, 0.2) is 46.9 Å². The van der Waals surface area contributed by atoms with Crippen molar-refractivity contribution >= 4 is 23.2 Å². The highest BCUT2D eigenvalue weighted by Gasteiger charge is 2.15. The molecule has 0 aliphatic rings. The Balaban J connectivity index is 1.70. The fraction of sp³-hybridized carbons (Fsp3) is 0.263. The Labute approximate surface area is 156 Å². The predicted octanol–water partition coefficient (Wildman–Crippen LogP) is 5.92. The molecule has 0 N–H and O–H groups in total. The van der Waals surface area contributed by atoms with E-state index in [0.717, 1.165) is 5.56 Å². The van der Waals surface area contributed by atoms with Crippen LogP contribution in [-0.2, 0) is 12.0 Å². The lowest BCUT2D eigenvalue weighted by Gasteiger charge is -2.18. The van der Waals surface area contributed by atoms with Crippen molar-refractivity contribution in [2.45, 2.75) is 32.8 Å². The van der Waals surface area contributed by atoms with Crippen LogP contribution < -0.4 is 4.74 Å². The predicted molar refractivity (Wildman–Crippen MR) is 99.2 cm³/mol. The molecule has 130 valence electrons. The molecule has 4 nitrogen and oxygen atoms in total. The van der Waals surface area contributed by atoms with Crippen molar-refractivity contribution in [3.05, 3.63) is 64.0 Å². The number of hydrogen-bond acceptors (Lipinski definition) is 4. The van der Waals surface area contributed by atoms with Crippen LogP contribution in [0.1, 0.15) is 32.2 Å². The first kappa shape index (κ1) is 17.8. The molecule has 25 heavy (non-hydrogen) atoms. The zero-order valence-electron chi connectivity index (χ0n) is 14.2. The SMILES string of the molecule is CC(C)(C)c1ccc(-c2nnc(COc3cc(Cl)cc(Cl)c3)o2)cc1. The van der Waals surface area contributed by atoms with Gasteiger partial charge >= 0.3 is 0 Å². The van der Waals surface area contributed by atoms with Crippen molar-refractivity contribution in [2.75, 3.05) is 0 Å². The van der Waals surface area contributed by atoms with Crippen LogP contribution in [0, 0.1) is 0 Å². The highest BCUT2D eigenvalue weighted by molar-refractivity contribution is 6.34. The summed E-state index contributed by atoms with van der Waals surface area (Å²) in [4.78, 5) is 0. The molecule has 1 aromatic heterocycles. The first-order chi connectivity index (χ1) is 11.8. The van der Waals surface area contributed by atoms with Crippen LogP contribution in [-0.4, -0.2) is 10.2 Å². The summed E-state index contributed by atoms with van der Waals surface area (Å²) in [6, 6.07) is 13.1. The lowest BCUT2D eigenvalue weighted by Crippen LogP contribution is -2.10. The number of halogens is 2. The molecule has 0 unspecified atom stereocenters. The maximum atomic E-state index is 5.94. The van der Waals surface area contributed by atoms with E-state index in [0.29, 0.717) is 27.6 Å². The van der Waals surface area contributed by atoms with Gasteiger partial charge in [-0.25, -0.2) is 0 Å². The molecule has 0 radical (unpaired) electrons. The monoisotopic (exact) mass is 376 g/mol. The molecule has 0 amide bonds. The summed E-state index contributed by atoms with van der Waals surface area (Å²) < 4.78 is 11.3. The highest BCUT2D eigenvalue weighted by atomic mass is 35.5. The van der Waals surface area contributed by atoms with Crippen molar-refractivity contribution < 1.29 is 9.15 Å². The third kappa shape index (κ3) is 4.53. The van der Waals surface area contributed by atoms with E-state index >= 15 is 0 Å². The average molecular weight is 377 g/mol. The van der Waals surface area contributed by atoms with Gasteiger partial charge in [0.25, 0.3) is 5.89 Å². The maximum absolute atomic E-state index is 5.94. The molecule has 3 rings (SSSR count). The molecule has 6 heteroatoms. The molecular formula is C19H18Cl2N2O2. The number of rotatable bonds is 4. The third-order valence-corrected chi connectivity index (χ3v) is 4.10. The lowest BCUT2D eigenvalue weighted by atomic mass is 9.87. The van der Waals surface area contributed by atoms with E-state index in [-0.39, 0.29) is 12.0 Å². The Bertz CT molecular complexity index is 848. The quantitative estimate of drug-likeness (QED) is 0.566. The van der Waals surface area contributed by atoms with E-state index in [2.05, 4.69) is 43.1 Å². The first-order valence-corrected chi connectivity index (χ1v) is 8.59. The van der Waals surface area contributed by atoms with Crippen LogP contribution in [0.25, 0.3) is 11.5 Å². The molecule has 0 bridgehead atoms. The van der Waals surface area contributed by atoms with Crippen molar-refractivity contribution in [3.63, 3.8) is 0 Å². The van der Waals surface area contributed by atoms with Crippen molar-refractivity contribution in [1.82, 2.24) is 10.2 Å². The molecule has 0 aliphatic carbocycles. The Kier molecular flexibility index (Phi) is 5.02. The second kappa shape index (κ2) is 7.06. The summed E-state index contributed by atoms with van der Waals surface area (Å²) in [7, 11) is 0. The van der Waals surface area contributed by atoms with Gasteiger partial charge in [0.05, 0.1) is 0 Å². The summed E-state index contributed by atoms with van der Waals surface area (Å²) in [6.07, 6.45) is 0. The van der Waals surface area contributed by atoms with Crippen molar-refractivity contribution in [3.8, 4) is 17.2 Å². The Hall–Kier alpha value is -2.04. The largest absolute Gasteiger partial charge is 0.484 e. The van der Waals surface area contributed by atoms with Crippen molar-refractivity contribution in [2.24, 2.45) is 0 Å². The van der Waals surface area contributed by atoms with Crippen molar-refractivity contribution in [1.29, 1.82) is 0 Å². The molecular weight excluding hydrogens is 359 g/mol. The van der Waals surface area contributed by atoms with E-state index in [1.54, 1.807) is 18.2 Å². The van der Waals surface area contributed by atoms with Gasteiger partial charge in [-0.3, -0.25) is 0 Å². The smallest absolute Gasteiger partial charge is 0.254 e. The summed E-state index contributed by atoms with van der Waals surface area (Å²) in [5.41, 5.74) is 2.22. The topological polar surface area (TPSA) is 48.2 Å². The van der Waals surface area contributed by atoms with E-state index in [4.69, 9.17) is 32.4 Å². The average Bonchev–Trinajstić information content (AvgIpc) is 3.00. The Morgan fingerprint density at radius 3 is 2.20 bits per heavy atom. The lowest BCUT2D eigenvalue weighted by molar-refractivity contribution is 0.264. The van der Waals surface area contributed by atoms with Crippen LogP contribution in [0.4, 0.5) is 0 Å². The van der Waals surface area contributed by atoms with Gasteiger partial charge in [0.15, 0.2) is 6.61 Å². The zero-order valence-corrected chi connectivity index (χ0v) is 15.7. The number of nitrogens with zero attached hydrogens (tertiary/aromatic N) is 2. The Morgan fingerprint density at radius 2 is 1.60 bits per heavy atom. The van der Waals surface area contributed by atoms with Gasteiger partial charge in [-0.1, -0.05) is 56.1 Å². The van der Waals surface area contributed by atoms with Gasteiger partial charge < -0.3 is 9.15 Å². The molecule has 0 saturated carbocycles. The van der Waals surface area contributed by atoms with Gasteiger partial charge in [0.2, 0.25) is 5.89 Å². The summed E-state index contributed by atoms with van der Waals surface area (Å²) >= 11 is 11.9. The molecule has 0 fully saturated rings. The van der Waals surface area contributed by atoms with Gasteiger partial charge in [-0.15, -0.1) is 10.2 Å². The second-order valence-electron chi connectivity index (χ2n) is 6.72. The number of benzene rings is 2. The molecule has 0 saturated heterocycles. The van der Waals surface area contributed by atoms with Gasteiger partial charge in [0.1, 0.15) is 5.75 Å². The van der Waals surface area contributed by atoms with Crippen LogP contribution >= 0.6 is 23.2 Å². The fourth-order valence-corrected chi connectivity index (χ4v) is 2.80. The number of hydrogen-bond donors (Lipinski definition) is 0. The number of ether oxygens (including phenoxy) is 1. The van der Waals surface area contributed by atoms with Crippen LogP contribution in [0.5, 0.6) is 5.75 Å². The second-order valence-corrected chi connectivity index (χ2v) is 7.60. The highest BCUT2D eigenvalue weighted by Crippen LogP contribution is 2.27. The molecule has 0 aliphatic heterocycles. The van der Waals surface area contributed by atoms with E-state index in [1.807, 2.05) is 12.1 Å². The third-order valence-electron chi connectivity index (χ3n) is 3.66. The summed E-state index contributed by atoms with van der Waals surface area (Å²) in [6.45, 7) is 6.66. The van der Waals surface area contributed by atoms with E-state index in [1.165, 1.54) is 5.56 Å². The fourth-order valence-electron chi connectivity index (χ4n) is 2.30. The summed E-state index contributed by atoms with van der Waals surface area (Å²) in [5, 5.41) is 9.11. The van der Waals surface area contributed by atoms with Crippen LogP contribution in [0.2, 0.25) is 10.0 Å². The normalized spacial score (nSPS) is 11.6.